The average molecular weight is 424 g/mol. The largest absolute Gasteiger partial charge is 0.332 e. The van der Waals surface area contributed by atoms with E-state index in [-0.39, 0.29) is 0 Å². The Hall–Kier alpha value is -1.67. The SMILES string of the molecule is Cc1ccc(NC(=S)Nc2ccc(Cl)cc2)cc1S(=O)(=O)N1CCCCC1. The van der Waals surface area contributed by atoms with Gasteiger partial charge in [0.05, 0.1) is 4.90 Å². The second kappa shape index (κ2) is 8.56. The smallest absolute Gasteiger partial charge is 0.243 e. The third kappa shape index (κ3) is 4.99. The first kappa shape index (κ1) is 20.1. The third-order valence-corrected chi connectivity index (χ3v) is 6.98. The Kier molecular flexibility index (Phi) is 6.37. The Morgan fingerprint density at radius 1 is 1.00 bits per heavy atom. The van der Waals surface area contributed by atoms with E-state index in [9.17, 15) is 8.42 Å². The number of halogens is 1. The maximum Gasteiger partial charge on any atom is 0.243 e. The van der Waals surface area contributed by atoms with Gasteiger partial charge in [-0.25, -0.2) is 8.42 Å². The molecule has 0 amide bonds. The fraction of sp³-hybridized carbons (Fsp3) is 0.316. The standard InChI is InChI=1S/C19H22ClN3O2S2/c1-14-5-8-17(22-19(26)21-16-9-6-15(20)7-10-16)13-18(14)27(24,25)23-11-3-2-4-12-23/h5-10,13H,2-4,11-12H2,1H3,(H2,21,22,26). The maximum atomic E-state index is 13.0. The maximum absolute atomic E-state index is 13.0. The highest BCUT2D eigenvalue weighted by Gasteiger charge is 2.27. The van der Waals surface area contributed by atoms with Gasteiger partial charge in [0.2, 0.25) is 10.0 Å². The topological polar surface area (TPSA) is 61.4 Å². The zero-order valence-electron chi connectivity index (χ0n) is 15.0. The summed E-state index contributed by atoms with van der Waals surface area (Å²) in [4.78, 5) is 0.323. The van der Waals surface area contributed by atoms with Crippen molar-refractivity contribution in [3.05, 3.63) is 53.1 Å². The van der Waals surface area contributed by atoms with Crippen LogP contribution in [0.2, 0.25) is 5.02 Å². The van der Waals surface area contributed by atoms with E-state index >= 15 is 0 Å². The molecule has 2 aromatic carbocycles. The summed E-state index contributed by atoms with van der Waals surface area (Å²) in [6.45, 7) is 2.97. The summed E-state index contributed by atoms with van der Waals surface area (Å²) in [5.74, 6) is 0. The molecule has 2 aromatic rings. The van der Waals surface area contributed by atoms with Crippen molar-refractivity contribution in [2.75, 3.05) is 23.7 Å². The van der Waals surface area contributed by atoms with Crippen LogP contribution in [-0.4, -0.2) is 30.9 Å². The number of aryl methyl sites for hydroxylation is 1. The molecular weight excluding hydrogens is 402 g/mol. The molecule has 0 spiro atoms. The van der Waals surface area contributed by atoms with Gasteiger partial charge in [-0.15, -0.1) is 0 Å². The van der Waals surface area contributed by atoms with E-state index in [1.54, 1.807) is 28.6 Å². The lowest BCUT2D eigenvalue weighted by Crippen LogP contribution is -2.36. The summed E-state index contributed by atoms with van der Waals surface area (Å²) in [6, 6.07) is 12.4. The molecule has 0 aromatic heterocycles. The third-order valence-electron chi connectivity index (χ3n) is 4.48. The quantitative estimate of drug-likeness (QED) is 0.702. The van der Waals surface area contributed by atoms with Crippen LogP contribution in [0.5, 0.6) is 0 Å². The molecule has 0 unspecified atom stereocenters. The predicted molar refractivity (Wildman–Crippen MR) is 115 cm³/mol. The lowest BCUT2D eigenvalue weighted by molar-refractivity contribution is 0.346. The molecular formula is C19H22ClN3O2S2. The van der Waals surface area contributed by atoms with E-state index in [1.165, 1.54) is 0 Å². The number of anilines is 2. The van der Waals surface area contributed by atoms with E-state index in [1.807, 2.05) is 25.1 Å². The Morgan fingerprint density at radius 3 is 2.26 bits per heavy atom. The van der Waals surface area contributed by atoms with Gasteiger partial charge in [0.1, 0.15) is 0 Å². The summed E-state index contributed by atoms with van der Waals surface area (Å²) in [7, 11) is -3.50. The number of rotatable bonds is 4. The van der Waals surface area contributed by atoms with Crippen molar-refractivity contribution in [3.63, 3.8) is 0 Å². The summed E-state index contributed by atoms with van der Waals surface area (Å²) in [6.07, 6.45) is 2.90. The van der Waals surface area contributed by atoms with Gasteiger partial charge >= 0.3 is 0 Å². The summed E-state index contributed by atoms with van der Waals surface area (Å²) < 4.78 is 27.6. The Labute approximate surface area is 170 Å². The molecule has 1 aliphatic heterocycles. The van der Waals surface area contributed by atoms with Crippen LogP contribution >= 0.6 is 23.8 Å². The number of nitrogens with one attached hydrogen (secondary N) is 2. The summed E-state index contributed by atoms with van der Waals surface area (Å²) in [5, 5.41) is 7.13. The lowest BCUT2D eigenvalue weighted by Gasteiger charge is -2.26. The monoisotopic (exact) mass is 423 g/mol. The Morgan fingerprint density at radius 2 is 1.59 bits per heavy atom. The molecule has 1 aliphatic rings. The van der Waals surface area contributed by atoms with E-state index in [0.29, 0.717) is 33.8 Å². The average Bonchev–Trinajstić information content (AvgIpc) is 2.66. The molecule has 2 N–H and O–H groups in total. The van der Waals surface area contributed by atoms with Gasteiger partial charge in [-0.1, -0.05) is 24.1 Å². The van der Waals surface area contributed by atoms with Crippen LogP contribution in [0.15, 0.2) is 47.4 Å². The van der Waals surface area contributed by atoms with Crippen LogP contribution in [0.1, 0.15) is 24.8 Å². The second-order valence-corrected chi connectivity index (χ2v) is 9.28. The van der Waals surface area contributed by atoms with Gasteiger partial charge in [0.15, 0.2) is 5.11 Å². The number of hydrogen-bond acceptors (Lipinski definition) is 3. The number of nitrogens with zero attached hydrogens (tertiary/aromatic N) is 1. The van der Waals surface area contributed by atoms with Crippen LogP contribution in [0.25, 0.3) is 0 Å². The molecule has 0 saturated carbocycles. The molecule has 5 nitrogen and oxygen atoms in total. The highest BCUT2D eigenvalue weighted by Crippen LogP contribution is 2.26. The first-order valence-corrected chi connectivity index (χ1v) is 11.0. The molecule has 3 rings (SSSR count). The van der Waals surface area contributed by atoms with Gasteiger partial charge < -0.3 is 10.6 Å². The number of hydrogen-bond donors (Lipinski definition) is 2. The van der Waals surface area contributed by atoms with E-state index in [0.717, 1.165) is 30.5 Å². The molecule has 0 bridgehead atoms. The van der Waals surface area contributed by atoms with Gasteiger partial charge in [-0.05, 0) is 73.9 Å². The van der Waals surface area contributed by atoms with Gasteiger partial charge in [0, 0.05) is 29.5 Å². The molecule has 1 heterocycles. The van der Waals surface area contributed by atoms with E-state index < -0.39 is 10.0 Å². The minimum absolute atomic E-state index is 0.323. The van der Waals surface area contributed by atoms with Crippen molar-refractivity contribution in [2.45, 2.75) is 31.1 Å². The van der Waals surface area contributed by atoms with Crippen molar-refractivity contribution in [3.8, 4) is 0 Å². The van der Waals surface area contributed by atoms with Crippen molar-refractivity contribution in [1.29, 1.82) is 0 Å². The van der Waals surface area contributed by atoms with Crippen molar-refractivity contribution in [1.82, 2.24) is 4.31 Å². The molecule has 8 heteroatoms. The highest BCUT2D eigenvalue weighted by atomic mass is 35.5. The number of piperidine rings is 1. The van der Waals surface area contributed by atoms with Crippen LogP contribution in [0.4, 0.5) is 11.4 Å². The van der Waals surface area contributed by atoms with Crippen molar-refractivity contribution in [2.24, 2.45) is 0 Å². The minimum Gasteiger partial charge on any atom is -0.332 e. The summed E-state index contributed by atoms with van der Waals surface area (Å²) >= 11 is 11.2. The summed E-state index contributed by atoms with van der Waals surface area (Å²) in [5.41, 5.74) is 2.15. The predicted octanol–water partition coefficient (Wildman–Crippen LogP) is 4.63. The number of benzene rings is 2. The molecule has 0 aliphatic carbocycles. The van der Waals surface area contributed by atoms with Crippen LogP contribution < -0.4 is 10.6 Å². The van der Waals surface area contributed by atoms with Crippen LogP contribution in [-0.2, 0) is 10.0 Å². The normalized spacial score (nSPS) is 15.3. The lowest BCUT2D eigenvalue weighted by atomic mass is 10.2. The van der Waals surface area contributed by atoms with E-state index in [2.05, 4.69) is 10.6 Å². The van der Waals surface area contributed by atoms with E-state index in [4.69, 9.17) is 23.8 Å². The number of thiocarbonyl (C=S) groups is 1. The highest BCUT2D eigenvalue weighted by molar-refractivity contribution is 7.89. The Balaban J connectivity index is 1.76. The first-order chi connectivity index (χ1) is 12.9. The molecule has 0 atom stereocenters. The zero-order chi connectivity index (χ0) is 19.4. The van der Waals surface area contributed by atoms with Crippen LogP contribution in [0.3, 0.4) is 0 Å². The fourth-order valence-electron chi connectivity index (χ4n) is 3.03. The first-order valence-electron chi connectivity index (χ1n) is 8.80. The Bertz CT molecular complexity index is 924. The second-order valence-electron chi connectivity index (χ2n) is 6.53. The van der Waals surface area contributed by atoms with Gasteiger partial charge in [-0.3, -0.25) is 0 Å². The molecule has 27 heavy (non-hydrogen) atoms. The van der Waals surface area contributed by atoms with Crippen LogP contribution in [0, 0.1) is 6.92 Å². The molecule has 1 saturated heterocycles. The molecule has 144 valence electrons. The number of sulfonamides is 1. The van der Waals surface area contributed by atoms with Gasteiger partial charge in [-0.2, -0.15) is 4.31 Å². The molecule has 1 fully saturated rings. The minimum atomic E-state index is -3.50. The van der Waals surface area contributed by atoms with Gasteiger partial charge in [0.25, 0.3) is 0 Å². The molecule has 0 radical (unpaired) electrons. The van der Waals surface area contributed by atoms with Crippen molar-refractivity contribution >= 4 is 50.3 Å². The van der Waals surface area contributed by atoms with Crippen molar-refractivity contribution < 1.29 is 8.42 Å². The fourth-order valence-corrected chi connectivity index (χ4v) is 5.16. The zero-order valence-corrected chi connectivity index (χ0v) is 17.4.